The molecule has 210 valence electrons. The van der Waals surface area contributed by atoms with Crippen molar-refractivity contribution in [2.45, 2.75) is 19.1 Å². The first-order chi connectivity index (χ1) is 19.2. The molecule has 0 bridgehead atoms. The van der Waals surface area contributed by atoms with Gasteiger partial charge in [0.25, 0.3) is 5.91 Å². The summed E-state index contributed by atoms with van der Waals surface area (Å²) >= 11 is 0. The molecule has 2 aromatic carbocycles. The fourth-order valence-electron chi connectivity index (χ4n) is 5.32. The van der Waals surface area contributed by atoms with E-state index < -0.39 is 11.9 Å². The second-order valence-corrected chi connectivity index (χ2v) is 9.77. The number of alkyl halides is 3. The normalized spacial score (nSPS) is 15.4. The molecule has 0 radical (unpaired) electrons. The molecule has 40 heavy (non-hydrogen) atoms. The Hall–Kier alpha value is -3.96. The van der Waals surface area contributed by atoms with Crippen molar-refractivity contribution in [2.75, 3.05) is 46.9 Å². The van der Waals surface area contributed by atoms with E-state index in [2.05, 4.69) is 32.4 Å². The number of ether oxygens (including phenoxy) is 1. The second kappa shape index (κ2) is 11.3. The van der Waals surface area contributed by atoms with Crippen molar-refractivity contribution in [2.24, 2.45) is 0 Å². The van der Waals surface area contributed by atoms with Gasteiger partial charge in [-0.2, -0.15) is 18.3 Å². The molecule has 2 aromatic heterocycles. The number of hydrogen-bond acceptors (Lipinski definition) is 6. The summed E-state index contributed by atoms with van der Waals surface area (Å²) < 4.78 is 48.7. The number of amides is 1. The maximum Gasteiger partial charge on any atom is 0.433 e. The predicted molar refractivity (Wildman–Crippen MR) is 145 cm³/mol. The van der Waals surface area contributed by atoms with Gasteiger partial charge < -0.3 is 15.0 Å². The molecule has 4 aromatic rings. The van der Waals surface area contributed by atoms with Gasteiger partial charge in [-0.25, -0.2) is 9.50 Å². The molecule has 1 saturated heterocycles. The molecule has 0 aliphatic carbocycles. The van der Waals surface area contributed by atoms with Crippen molar-refractivity contribution >= 4 is 11.6 Å². The lowest BCUT2D eigenvalue weighted by molar-refractivity contribution is -0.143. The van der Waals surface area contributed by atoms with Crippen LogP contribution in [0.15, 0.2) is 60.8 Å². The van der Waals surface area contributed by atoms with Crippen LogP contribution in [0.4, 0.5) is 13.2 Å². The first-order valence-corrected chi connectivity index (χ1v) is 13.1. The fraction of sp³-hybridized carbons (Fsp3) is 0.345. The SMILES string of the molecule is CNC[C@H](c1ccccc1)N1CCN(C(=O)c2cnn3c(C(F)(F)F)c(C)c(-c4ccc(OC)cc4)nc23)CC1. The van der Waals surface area contributed by atoms with Crippen molar-refractivity contribution in [3.8, 4) is 17.0 Å². The van der Waals surface area contributed by atoms with Gasteiger partial charge in [-0.15, -0.1) is 0 Å². The number of methoxy groups -OCH3 is 1. The molecule has 1 amide bonds. The quantitative estimate of drug-likeness (QED) is 0.365. The van der Waals surface area contributed by atoms with E-state index in [0.717, 1.165) is 11.1 Å². The first kappa shape index (κ1) is 27.6. The number of piperazine rings is 1. The van der Waals surface area contributed by atoms with E-state index >= 15 is 0 Å². The number of carbonyl (C=O) groups excluding carboxylic acids is 1. The number of nitrogens with one attached hydrogen (secondary N) is 1. The van der Waals surface area contributed by atoms with E-state index in [1.165, 1.54) is 25.8 Å². The lowest BCUT2D eigenvalue weighted by Gasteiger charge is -2.39. The molecular weight excluding hydrogens is 521 g/mol. The third-order valence-electron chi connectivity index (χ3n) is 7.37. The summed E-state index contributed by atoms with van der Waals surface area (Å²) in [7, 11) is 3.42. The average molecular weight is 553 g/mol. The van der Waals surface area contributed by atoms with Crippen molar-refractivity contribution in [3.05, 3.63) is 83.2 Å². The average Bonchev–Trinajstić information content (AvgIpc) is 3.38. The van der Waals surface area contributed by atoms with Gasteiger partial charge >= 0.3 is 6.18 Å². The molecular formula is C29H31F3N6O2. The Labute approximate surface area is 230 Å². The highest BCUT2D eigenvalue weighted by molar-refractivity contribution is 6.00. The summed E-state index contributed by atoms with van der Waals surface area (Å²) in [4.78, 5) is 22.2. The van der Waals surface area contributed by atoms with Gasteiger partial charge in [0.2, 0.25) is 0 Å². The smallest absolute Gasteiger partial charge is 0.433 e. The van der Waals surface area contributed by atoms with Gasteiger partial charge in [0.1, 0.15) is 11.3 Å². The van der Waals surface area contributed by atoms with Crippen LogP contribution in [0.1, 0.15) is 33.2 Å². The highest BCUT2D eigenvalue weighted by atomic mass is 19.4. The predicted octanol–water partition coefficient (Wildman–Crippen LogP) is 4.45. The summed E-state index contributed by atoms with van der Waals surface area (Å²) in [5.74, 6) is 0.187. The Morgan fingerprint density at radius 2 is 1.73 bits per heavy atom. The van der Waals surface area contributed by atoms with Gasteiger partial charge in [-0.1, -0.05) is 30.3 Å². The molecule has 0 saturated carbocycles. The molecule has 0 unspecified atom stereocenters. The number of halogens is 3. The number of aromatic nitrogens is 3. The fourth-order valence-corrected chi connectivity index (χ4v) is 5.32. The largest absolute Gasteiger partial charge is 0.497 e. The van der Waals surface area contributed by atoms with E-state index in [-0.39, 0.29) is 34.4 Å². The van der Waals surface area contributed by atoms with E-state index in [9.17, 15) is 18.0 Å². The van der Waals surface area contributed by atoms with Crippen LogP contribution in [0.5, 0.6) is 5.75 Å². The third kappa shape index (κ3) is 5.26. The van der Waals surface area contributed by atoms with Crippen LogP contribution in [-0.4, -0.2) is 77.2 Å². The summed E-state index contributed by atoms with van der Waals surface area (Å²) in [5.41, 5.74) is 0.708. The zero-order valence-electron chi connectivity index (χ0n) is 22.6. The Morgan fingerprint density at radius 3 is 2.33 bits per heavy atom. The van der Waals surface area contributed by atoms with Gasteiger partial charge in [0.15, 0.2) is 11.3 Å². The summed E-state index contributed by atoms with van der Waals surface area (Å²) in [6.07, 6.45) is -3.51. The lowest BCUT2D eigenvalue weighted by Crippen LogP contribution is -2.51. The van der Waals surface area contributed by atoms with Crippen LogP contribution < -0.4 is 10.1 Å². The zero-order chi connectivity index (χ0) is 28.4. The highest BCUT2D eigenvalue weighted by Crippen LogP contribution is 2.37. The molecule has 1 fully saturated rings. The molecule has 1 atom stereocenters. The number of carbonyl (C=O) groups is 1. The van der Waals surface area contributed by atoms with Crippen molar-refractivity contribution < 1.29 is 22.7 Å². The summed E-state index contributed by atoms with van der Waals surface area (Å²) in [6.45, 7) is 4.25. The van der Waals surface area contributed by atoms with Crippen LogP contribution in [0.3, 0.4) is 0 Å². The van der Waals surface area contributed by atoms with Crippen molar-refractivity contribution in [1.82, 2.24) is 29.7 Å². The minimum Gasteiger partial charge on any atom is -0.497 e. The van der Waals surface area contributed by atoms with Gasteiger partial charge in [0.05, 0.1) is 19.0 Å². The van der Waals surface area contributed by atoms with E-state index in [4.69, 9.17) is 4.74 Å². The monoisotopic (exact) mass is 552 g/mol. The maximum atomic E-state index is 14.3. The van der Waals surface area contributed by atoms with Crippen LogP contribution in [0.2, 0.25) is 0 Å². The van der Waals surface area contributed by atoms with Gasteiger partial charge in [-0.3, -0.25) is 9.69 Å². The first-order valence-electron chi connectivity index (χ1n) is 13.1. The molecule has 1 N–H and O–H groups in total. The number of fused-ring (bicyclic) bond motifs is 1. The summed E-state index contributed by atoms with van der Waals surface area (Å²) in [6, 6.07) is 16.9. The number of hydrogen-bond donors (Lipinski definition) is 1. The molecule has 8 nitrogen and oxygen atoms in total. The number of likely N-dealkylation sites (N-methyl/N-ethyl adjacent to an activating group) is 1. The lowest BCUT2D eigenvalue weighted by atomic mass is 10.0. The van der Waals surface area contributed by atoms with Gasteiger partial charge in [0, 0.05) is 49.9 Å². The number of benzene rings is 2. The van der Waals surface area contributed by atoms with Crippen LogP contribution in [0, 0.1) is 6.92 Å². The Balaban J connectivity index is 1.45. The number of nitrogens with zero attached hydrogens (tertiary/aromatic N) is 5. The molecule has 1 aliphatic heterocycles. The Bertz CT molecular complexity index is 1480. The highest BCUT2D eigenvalue weighted by Gasteiger charge is 2.39. The molecule has 5 rings (SSSR count). The molecule has 3 heterocycles. The maximum absolute atomic E-state index is 14.3. The van der Waals surface area contributed by atoms with Crippen LogP contribution in [0.25, 0.3) is 16.9 Å². The Kier molecular flexibility index (Phi) is 7.77. The van der Waals surface area contributed by atoms with Gasteiger partial charge in [-0.05, 0) is 43.8 Å². The second-order valence-electron chi connectivity index (χ2n) is 9.77. The van der Waals surface area contributed by atoms with E-state index in [0.29, 0.717) is 37.5 Å². The zero-order valence-corrected chi connectivity index (χ0v) is 22.6. The van der Waals surface area contributed by atoms with E-state index in [1.807, 2.05) is 25.2 Å². The Morgan fingerprint density at radius 1 is 1.05 bits per heavy atom. The van der Waals surface area contributed by atoms with Crippen LogP contribution >= 0.6 is 0 Å². The van der Waals surface area contributed by atoms with E-state index in [1.54, 1.807) is 29.2 Å². The summed E-state index contributed by atoms with van der Waals surface area (Å²) in [5, 5.41) is 7.23. The minimum absolute atomic E-state index is 0.0449. The number of rotatable bonds is 7. The van der Waals surface area contributed by atoms with Crippen molar-refractivity contribution in [1.29, 1.82) is 0 Å². The molecule has 11 heteroatoms. The topological polar surface area (TPSA) is 75.0 Å². The molecule has 1 aliphatic rings. The van der Waals surface area contributed by atoms with Crippen molar-refractivity contribution in [3.63, 3.8) is 0 Å². The molecule has 0 spiro atoms. The standard InChI is InChI=1S/C29H31F3N6O2/c1-19-25(21-9-11-22(40-3)12-10-21)35-27-23(17-34-38(27)26(19)29(30,31)32)28(39)37-15-13-36(14-16-37)24(18-33-2)20-7-5-4-6-8-20/h4-12,17,24,33H,13-16,18H2,1-3H3/t24-/m1/s1. The third-order valence-corrected chi connectivity index (χ3v) is 7.37. The minimum atomic E-state index is -4.70. The van der Waals surface area contributed by atoms with Crippen LogP contribution in [-0.2, 0) is 6.18 Å².